The molecule has 0 fully saturated rings. The summed E-state index contributed by atoms with van der Waals surface area (Å²) in [5.74, 6) is 1.25. The van der Waals surface area contributed by atoms with E-state index in [1.165, 1.54) is 34.4 Å². The fourth-order valence-corrected chi connectivity index (χ4v) is 7.99. The van der Waals surface area contributed by atoms with Crippen molar-refractivity contribution in [1.29, 1.82) is 0 Å². The maximum atomic E-state index is 13.3. The number of fused-ring (bicyclic) bond motifs is 1. The Morgan fingerprint density at radius 3 is 2.02 bits per heavy atom. The highest BCUT2D eigenvalue weighted by Gasteiger charge is 2.35. The molecule has 1 aliphatic heterocycles. The molecule has 5 aromatic carbocycles. The Labute approximate surface area is 332 Å². The lowest BCUT2D eigenvalue weighted by atomic mass is 9.68. The number of methoxy groups -OCH3 is 2. The number of carbonyl (C=O) groups excluding carboxylic acids is 1. The van der Waals surface area contributed by atoms with Gasteiger partial charge in [0.05, 0.1) is 33.5 Å². The molecule has 5 aromatic rings. The van der Waals surface area contributed by atoms with Crippen molar-refractivity contribution >= 4 is 18.3 Å². The summed E-state index contributed by atoms with van der Waals surface area (Å²) in [5, 5.41) is 3.16. The third kappa shape index (κ3) is 11.0. The SMILES string of the molecule is COc1cc2c(cc1OC)C(COCc1ccccc1)N(CCCC(CCCNC(=O)CCc1ccc(F)cc1)(c1ccccc1)c1ccccc1)CC2.Cl. The van der Waals surface area contributed by atoms with Gasteiger partial charge in [-0.3, -0.25) is 9.69 Å². The second-order valence-electron chi connectivity index (χ2n) is 14.2. The number of carbonyl (C=O) groups is 1. The van der Waals surface area contributed by atoms with Crippen LogP contribution in [0.2, 0.25) is 0 Å². The number of benzene rings is 5. The lowest BCUT2D eigenvalue weighted by Gasteiger charge is -2.40. The topological polar surface area (TPSA) is 60.0 Å². The van der Waals surface area contributed by atoms with Gasteiger partial charge in [-0.25, -0.2) is 4.39 Å². The normalized spacial score (nSPS) is 14.1. The van der Waals surface area contributed by atoms with Gasteiger partial charge >= 0.3 is 0 Å². The van der Waals surface area contributed by atoms with E-state index < -0.39 is 0 Å². The minimum absolute atomic E-state index is 0. The van der Waals surface area contributed by atoms with Gasteiger partial charge in [0, 0.05) is 24.9 Å². The van der Waals surface area contributed by atoms with Crippen LogP contribution in [-0.4, -0.2) is 51.3 Å². The molecule has 0 saturated heterocycles. The summed E-state index contributed by atoms with van der Waals surface area (Å²) >= 11 is 0. The summed E-state index contributed by atoms with van der Waals surface area (Å²) in [5.41, 5.74) is 6.99. The molecule has 0 saturated carbocycles. The first kappa shape index (κ1) is 41.5. The third-order valence-corrected chi connectivity index (χ3v) is 10.9. The molecule has 1 atom stereocenters. The second kappa shape index (κ2) is 20.8. The van der Waals surface area contributed by atoms with Gasteiger partial charge in [0.15, 0.2) is 11.5 Å². The van der Waals surface area contributed by atoms with Crippen LogP contribution in [0, 0.1) is 5.82 Å². The van der Waals surface area contributed by atoms with Crippen LogP contribution in [0.5, 0.6) is 11.5 Å². The summed E-state index contributed by atoms with van der Waals surface area (Å²) in [4.78, 5) is 15.4. The standard InChI is InChI=1S/C47H53FN2O4.ClH/c1-52-44-32-38-26-31-50(43(42(38)33-45(44)53-2)35-54-34-37-14-6-3-7-15-37)30-13-28-47(39-16-8-4-9-17-39,40-18-10-5-11-19-40)27-12-29-49-46(51)25-22-36-20-23-41(48)24-21-36;/h3-11,14-21,23-24,32-33,43H,12-13,22,25-31,34-35H2,1-2H3,(H,49,51);1H. The highest BCUT2D eigenvalue weighted by molar-refractivity contribution is 5.85. The summed E-state index contributed by atoms with van der Waals surface area (Å²) in [6.45, 7) is 3.56. The number of hydrogen-bond donors (Lipinski definition) is 1. The number of amides is 1. The number of hydrogen-bond acceptors (Lipinski definition) is 5. The lowest BCUT2D eigenvalue weighted by Crippen LogP contribution is -2.39. The van der Waals surface area contributed by atoms with Gasteiger partial charge < -0.3 is 19.5 Å². The Kier molecular flexibility index (Phi) is 15.7. The molecule has 1 N–H and O–H groups in total. The first-order chi connectivity index (χ1) is 26.5. The van der Waals surface area contributed by atoms with Gasteiger partial charge in [0.1, 0.15) is 5.82 Å². The molecule has 1 unspecified atom stereocenters. The van der Waals surface area contributed by atoms with E-state index in [9.17, 15) is 9.18 Å². The fourth-order valence-electron chi connectivity index (χ4n) is 7.99. The van der Waals surface area contributed by atoms with Crippen molar-refractivity contribution in [2.75, 3.05) is 40.5 Å². The smallest absolute Gasteiger partial charge is 0.220 e. The summed E-state index contributed by atoms with van der Waals surface area (Å²) in [6.07, 6.45) is 5.54. The van der Waals surface area contributed by atoms with E-state index in [-0.39, 0.29) is 35.6 Å². The monoisotopic (exact) mass is 764 g/mol. The summed E-state index contributed by atoms with van der Waals surface area (Å²) in [6, 6.07) is 42.8. The van der Waals surface area contributed by atoms with E-state index in [0.29, 0.717) is 32.6 Å². The number of nitrogens with zero attached hydrogens (tertiary/aromatic N) is 1. The van der Waals surface area contributed by atoms with Crippen LogP contribution in [-0.2, 0) is 34.4 Å². The molecule has 0 bridgehead atoms. The van der Waals surface area contributed by atoms with E-state index in [1.807, 2.05) is 18.2 Å². The minimum Gasteiger partial charge on any atom is -0.493 e. The Bertz CT molecular complexity index is 1850. The van der Waals surface area contributed by atoms with Crippen molar-refractivity contribution in [2.45, 2.75) is 63.0 Å². The molecule has 1 aliphatic rings. The van der Waals surface area contributed by atoms with Gasteiger partial charge in [-0.15, -0.1) is 12.4 Å². The molecular weight excluding hydrogens is 711 g/mol. The molecule has 1 amide bonds. The predicted octanol–water partition coefficient (Wildman–Crippen LogP) is 9.68. The van der Waals surface area contributed by atoms with Crippen LogP contribution < -0.4 is 14.8 Å². The Balaban J connectivity index is 0.00000580. The zero-order valence-electron chi connectivity index (χ0n) is 32.1. The maximum Gasteiger partial charge on any atom is 0.220 e. The van der Waals surface area contributed by atoms with E-state index in [1.54, 1.807) is 26.4 Å². The fraction of sp³-hybridized carbons (Fsp3) is 0.340. The quantitative estimate of drug-likeness (QED) is 0.0850. The van der Waals surface area contributed by atoms with E-state index in [2.05, 4.69) is 95.1 Å². The van der Waals surface area contributed by atoms with Gasteiger partial charge in [0.2, 0.25) is 5.91 Å². The van der Waals surface area contributed by atoms with Gasteiger partial charge in [-0.1, -0.05) is 103 Å². The van der Waals surface area contributed by atoms with E-state index >= 15 is 0 Å². The zero-order valence-corrected chi connectivity index (χ0v) is 32.9. The van der Waals surface area contributed by atoms with Crippen LogP contribution in [0.1, 0.15) is 71.5 Å². The zero-order chi connectivity index (χ0) is 37.6. The van der Waals surface area contributed by atoms with Crippen molar-refractivity contribution in [3.05, 3.63) is 167 Å². The van der Waals surface area contributed by atoms with Crippen LogP contribution >= 0.6 is 12.4 Å². The van der Waals surface area contributed by atoms with Crippen molar-refractivity contribution < 1.29 is 23.4 Å². The Morgan fingerprint density at radius 1 is 0.782 bits per heavy atom. The van der Waals surface area contributed by atoms with Crippen LogP contribution in [0.3, 0.4) is 0 Å². The third-order valence-electron chi connectivity index (χ3n) is 10.9. The average Bonchev–Trinajstić information content (AvgIpc) is 3.22. The molecule has 290 valence electrons. The molecule has 0 aliphatic carbocycles. The largest absolute Gasteiger partial charge is 0.493 e. The lowest BCUT2D eigenvalue weighted by molar-refractivity contribution is -0.121. The molecule has 8 heteroatoms. The summed E-state index contributed by atoms with van der Waals surface area (Å²) in [7, 11) is 3.38. The predicted molar refractivity (Wildman–Crippen MR) is 221 cm³/mol. The first-order valence-electron chi connectivity index (χ1n) is 19.2. The minimum atomic E-state index is -0.265. The number of nitrogens with one attached hydrogen (secondary N) is 1. The van der Waals surface area contributed by atoms with Crippen LogP contribution in [0.15, 0.2) is 127 Å². The van der Waals surface area contributed by atoms with Crippen LogP contribution in [0.25, 0.3) is 0 Å². The Morgan fingerprint density at radius 2 is 1.38 bits per heavy atom. The molecule has 6 nitrogen and oxygen atoms in total. The van der Waals surface area contributed by atoms with Gasteiger partial charge in [0.25, 0.3) is 0 Å². The van der Waals surface area contributed by atoms with Gasteiger partial charge in [-0.2, -0.15) is 0 Å². The number of aryl methyl sites for hydroxylation is 1. The Hall–Kier alpha value is -4.69. The number of halogens is 2. The van der Waals surface area contributed by atoms with Gasteiger partial charge in [-0.05, 0) is 103 Å². The molecule has 55 heavy (non-hydrogen) atoms. The molecule has 0 radical (unpaired) electrons. The van der Waals surface area contributed by atoms with E-state index in [4.69, 9.17) is 14.2 Å². The maximum absolute atomic E-state index is 13.3. The first-order valence-corrected chi connectivity index (χ1v) is 19.2. The number of rotatable bonds is 19. The average molecular weight is 765 g/mol. The van der Waals surface area contributed by atoms with Crippen molar-refractivity contribution in [2.24, 2.45) is 0 Å². The molecular formula is C47H54ClFN2O4. The number of ether oxygens (including phenoxy) is 3. The molecule has 0 spiro atoms. The summed E-state index contributed by atoms with van der Waals surface area (Å²) < 4.78 is 31.2. The second-order valence-corrected chi connectivity index (χ2v) is 14.2. The molecule has 1 heterocycles. The van der Waals surface area contributed by atoms with Crippen molar-refractivity contribution in [1.82, 2.24) is 10.2 Å². The highest BCUT2D eigenvalue weighted by atomic mass is 35.5. The van der Waals surface area contributed by atoms with Crippen molar-refractivity contribution in [3.63, 3.8) is 0 Å². The van der Waals surface area contributed by atoms with E-state index in [0.717, 1.165) is 67.8 Å². The van der Waals surface area contributed by atoms with Crippen molar-refractivity contribution in [3.8, 4) is 11.5 Å². The molecule has 6 rings (SSSR count). The molecule has 0 aromatic heterocycles. The van der Waals surface area contributed by atoms with Crippen LogP contribution in [0.4, 0.5) is 4.39 Å². The highest BCUT2D eigenvalue weighted by Crippen LogP contribution is 2.42.